The molecule has 1 rings (SSSR count). The Morgan fingerprint density at radius 3 is 3.00 bits per heavy atom. The molecule has 1 heterocycles. The average molecular weight is 257 g/mol. The van der Waals surface area contributed by atoms with Crippen molar-refractivity contribution in [3.63, 3.8) is 0 Å². The predicted octanol–water partition coefficient (Wildman–Crippen LogP) is 0.901. The smallest absolute Gasteiger partial charge is 0.198 e. The molecule has 0 aliphatic carbocycles. The quantitative estimate of drug-likeness (QED) is 0.495. The van der Waals surface area contributed by atoms with Crippen LogP contribution in [0, 0.1) is 0 Å². The van der Waals surface area contributed by atoms with Crippen LogP contribution in [0.1, 0.15) is 0 Å². The second kappa shape index (κ2) is 4.66. The second-order valence-electron chi connectivity index (χ2n) is 2.26. The SMILES string of the molecule is C=NN(C=NC)c1nc(Br)cnc1N. The average Bonchev–Trinajstić information content (AvgIpc) is 2.18. The summed E-state index contributed by atoms with van der Waals surface area (Å²) in [6, 6.07) is 0. The van der Waals surface area contributed by atoms with E-state index in [0.29, 0.717) is 10.4 Å². The summed E-state index contributed by atoms with van der Waals surface area (Å²) in [6.45, 7) is 3.37. The van der Waals surface area contributed by atoms with Gasteiger partial charge in [0.2, 0.25) is 0 Å². The normalized spacial score (nSPS) is 10.4. The predicted molar refractivity (Wildman–Crippen MR) is 60.6 cm³/mol. The molecule has 0 bridgehead atoms. The van der Waals surface area contributed by atoms with Gasteiger partial charge in [-0.25, -0.2) is 15.0 Å². The molecule has 0 aromatic carbocycles. The molecular weight excluding hydrogens is 248 g/mol. The highest BCUT2D eigenvalue weighted by atomic mass is 79.9. The minimum absolute atomic E-state index is 0.264. The van der Waals surface area contributed by atoms with E-state index in [0.717, 1.165) is 0 Å². The molecule has 7 heteroatoms. The van der Waals surface area contributed by atoms with Crippen LogP contribution in [0.2, 0.25) is 0 Å². The summed E-state index contributed by atoms with van der Waals surface area (Å²) in [5.41, 5.74) is 5.61. The monoisotopic (exact) mass is 256 g/mol. The second-order valence-corrected chi connectivity index (χ2v) is 3.07. The number of rotatable bonds is 3. The summed E-state index contributed by atoms with van der Waals surface area (Å²) < 4.78 is 0.569. The summed E-state index contributed by atoms with van der Waals surface area (Å²) >= 11 is 3.18. The van der Waals surface area contributed by atoms with Crippen LogP contribution < -0.4 is 10.7 Å². The molecule has 74 valence electrons. The Labute approximate surface area is 89.7 Å². The lowest BCUT2D eigenvalue weighted by Crippen LogP contribution is -2.17. The lowest BCUT2D eigenvalue weighted by molar-refractivity contribution is 1.06. The lowest BCUT2D eigenvalue weighted by atomic mass is 10.6. The first kappa shape index (κ1) is 10.6. The molecule has 6 nitrogen and oxygen atoms in total. The van der Waals surface area contributed by atoms with E-state index >= 15 is 0 Å². The van der Waals surface area contributed by atoms with Crippen LogP contribution >= 0.6 is 15.9 Å². The van der Waals surface area contributed by atoms with E-state index in [1.807, 2.05) is 0 Å². The number of nitrogens with two attached hydrogens (primary N) is 1. The van der Waals surface area contributed by atoms with E-state index in [9.17, 15) is 0 Å². The summed E-state index contributed by atoms with van der Waals surface area (Å²) in [5.74, 6) is 0.653. The Bertz CT molecular complexity index is 363. The summed E-state index contributed by atoms with van der Waals surface area (Å²) in [7, 11) is 1.61. The summed E-state index contributed by atoms with van der Waals surface area (Å²) in [5, 5.41) is 5.02. The fraction of sp³-hybridized carbons (Fsp3) is 0.143. The highest BCUT2D eigenvalue weighted by Crippen LogP contribution is 2.19. The third kappa shape index (κ3) is 2.25. The van der Waals surface area contributed by atoms with E-state index in [4.69, 9.17) is 5.73 Å². The molecule has 0 atom stereocenters. The standard InChI is InChI=1S/C7H9BrN6/c1-10-4-14(11-2)7-6(9)12-3-5(8)13-7/h3-4H,2H2,1H3,(H2,9,12). The zero-order valence-corrected chi connectivity index (χ0v) is 9.14. The van der Waals surface area contributed by atoms with E-state index in [2.05, 4.69) is 42.7 Å². The first-order valence-electron chi connectivity index (χ1n) is 3.65. The number of hydrazone groups is 1. The van der Waals surface area contributed by atoms with Gasteiger partial charge in [-0.1, -0.05) is 0 Å². The molecule has 0 saturated heterocycles. The molecule has 0 radical (unpaired) electrons. The highest BCUT2D eigenvalue weighted by molar-refractivity contribution is 9.10. The van der Waals surface area contributed by atoms with Crippen LogP contribution in [0.3, 0.4) is 0 Å². The van der Waals surface area contributed by atoms with Crippen LogP contribution in [-0.4, -0.2) is 30.1 Å². The summed E-state index contributed by atoms with van der Waals surface area (Å²) in [4.78, 5) is 11.8. The number of anilines is 2. The number of halogens is 1. The molecule has 0 unspecified atom stereocenters. The fourth-order valence-corrected chi connectivity index (χ4v) is 1.07. The maximum absolute atomic E-state index is 5.61. The lowest BCUT2D eigenvalue weighted by Gasteiger charge is -2.12. The van der Waals surface area contributed by atoms with Crippen LogP contribution in [0.25, 0.3) is 0 Å². The fourth-order valence-electron chi connectivity index (χ4n) is 0.804. The number of nitrogens with zero attached hydrogens (tertiary/aromatic N) is 5. The van der Waals surface area contributed by atoms with Gasteiger partial charge in [-0.3, -0.25) is 4.99 Å². The number of aliphatic imine (C=N–C) groups is 1. The zero-order valence-electron chi connectivity index (χ0n) is 7.55. The van der Waals surface area contributed by atoms with E-state index in [1.54, 1.807) is 7.05 Å². The van der Waals surface area contributed by atoms with Crippen molar-refractivity contribution >= 4 is 40.6 Å². The van der Waals surface area contributed by atoms with Crippen LogP contribution in [0.15, 0.2) is 20.9 Å². The van der Waals surface area contributed by atoms with Crippen molar-refractivity contribution < 1.29 is 0 Å². The minimum Gasteiger partial charge on any atom is -0.381 e. The molecule has 0 spiro atoms. The topological polar surface area (TPSA) is 79.8 Å². The first-order valence-corrected chi connectivity index (χ1v) is 4.44. The van der Waals surface area contributed by atoms with Gasteiger partial charge in [0.1, 0.15) is 10.9 Å². The van der Waals surface area contributed by atoms with Gasteiger partial charge in [0.25, 0.3) is 0 Å². The Morgan fingerprint density at radius 2 is 2.43 bits per heavy atom. The third-order valence-corrected chi connectivity index (χ3v) is 1.73. The van der Waals surface area contributed by atoms with Gasteiger partial charge in [0, 0.05) is 13.8 Å². The van der Waals surface area contributed by atoms with Gasteiger partial charge in [-0.05, 0) is 15.9 Å². The van der Waals surface area contributed by atoms with E-state index in [-0.39, 0.29) is 5.82 Å². The van der Waals surface area contributed by atoms with Gasteiger partial charge in [0.15, 0.2) is 11.6 Å². The Morgan fingerprint density at radius 1 is 1.71 bits per heavy atom. The van der Waals surface area contributed by atoms with Crippen molar-refractivity contribution in [2.75, 3.05) is 17.8 Å². The molecule has 2 N–H and O–H groups in total. The molecular formula is C7H9BrN6. The van der Waals surface area contributed by atoms with Gasteiger partial charge < -0.3 is 5.73 Å². The molecule has 0 aliphatic rings. The number of nitrogen functional groups attached to an aromatic ring is 1. The van der Waals surface area contributed by atoms with Crippen molar-refractivity contribution in [1.82, 2.24) is 9.97 Å². The molecule has 1 aromatic rings. The Hall–Kier alpha value is -1.50. The van der Waals surface area contributed by atoms with Crippen molar-refractivity contribution in [3.05, 3.63) is 10.8 Å². The molecule has 0 fully saturated rings. The molecule has 0 aliphatic heterocycles. The van der Waals surface area contributed by atoms with Crippen molar-refractivity contribution in [2.24, 2.45) is 10.1 Å². The molecule has 1 aromatic heterocycles. The van der Waals surface area contributed by atoms with Gasteiger partial charge in [0.05, 0.1) is 6.20 Å². The first-order chi connectivity index (χ1) is 6.69. The zero-order chi connectivity index (χ0) is 10.6. The van der Waals surface area contributed by atoms with Crippen LogP contribution in [0.5, 0.6) is 0 Å². The maximum Gasteiger partial charge on any atom is 0.198 e. The third-order valence-electron chi connectivity index (χ3n) is 1.35. The van der Waals surface area contributed by atoms with Crippen molar-refractivity contribution in [3.8, 4) is 0 Å². The maximum atomic E-state index is 5.61. The van der Waals surface area contributed by atoms with Crippen molar-refractivity contribution in [2.45, 2.75) is 0 Å². The molecule has 0 amide bonds. The number of hydrogen-bond acceptors (Lipinski definition) is 5. The minimum atomic E-state index is 0.264. The Balaban J connectivity index is 3.14. The Kier molecular flexibility index (Phi) is 3.52. The number of aromatic nitrogens is 2. The van der Waals surface area contributed by atoms with Gasteiger partial charge >= 0.3 is 0 Å². The van der Waals surface area contributed by atoms with Crippen LogP contribution in [-0.2, 0) is 0 Å². The van der Waals surface area contributed by atoms with Crippen LogP contribution in [0.4, 0.5) is 11.6 Å². The molecule has 0 saturated carbocycles. The van der Waals surface area contributed by atoms with E-state index in [1.165, 1.54) is 17.5 Å². The molecule has 14 heavy (non-hydrogen) atoms. The van der Waals surface area contributed by atoms with Gasteiger partial charge in [-0.15, -0.1) is 0 Å². The van der Waals surface area contributed by atoms with Gasteiger partial charge in [-0.2, -0.15) is 5.10 Å². The summed E-state index contributed by atoms with van der Waals surface area (Å²) in [6.07, 6.45) is 2.95. The highest BCUT2D eigenvalue weighted by Gasteiger charge is 2.09. The largest absolute Gasteiger partial charge is 0.381 e. The van der Waals surface area contributed by atoms with Crippen molar-refractivity contribution in [1.29, 1.82) is 0 Å². The number of hydrogen-bond donors (Lipinski definition) is 1. The van der Waals surface area contributed by atoms with E-state index < -0.39 is 0 Å².